The average Bonchev–Trinajstić information content (AvgIpc) is 2.39. The van der Waals surface area contributed by atoms with Crippen LogP contribution in [0.1, 0.15) is 23.7 Å². The molecule has 19 heavy (non-hydrogen) atoms. The van der Waals surface area contributed by atoms with Crippen molar-refractivity contribution >= 4 is 16.7 Å². The molecule has 2 aromatic carbocycles. The molecule has 4 heteroatoms. The summed E-state index contributed by atoms with van der Waals surface area (Å²) >= 11 is 0. The Balaban J connectivity index is 2.35. The summed E-state index contributed by atoms with van der Waals surface area (Å²) in [5.74, 6) is -0.515. The summed E-state index contributed by atoms with van der Waals surface area (Å²) in [5.41, 5.74) is 5.94. The van der Waals surface area contributed by atoms with E-state index < -0.39 is 0 Å². The number of halogens is 1. The number of nitrogens with two attached hydrogens (primary N) is 1. The summed E-state index contributed by atoms with van der Waals surface area (Å²) in [7, 11) is 0. The molecule has 3 nitrogen and oxygen atoms in total. The molecule has 0 aliphatic carbocycles. The SMILES string of the molecule is CC(CCN)NC(=O)c1ccc(F)c2ccccc12. The van der Waals surface area contributed by atoms with Crippen LogP contribution < -0.4 is 11.1 Å². The molecule has 0 aliphatic rings. The maximum Gasteiger partial charge on any atom is 0.252 e. The van der Waals surface area contributed by atoms with Crippen LogP contribution in [0.5, 0.6) is 0 Å². The Morgan fingerprint density at radius 3 is 2.63 bits per heavy atom. The molecule has 1 amide bonds. The maximum absolute atomic E-state index is 13.7. The summed E-state index contributed by atoms with van der Waals surface area (Å²) in [5, 5.41) is 3.95. The third kappa shape index (κ3) is 2.90. The highest BCUT2D eigenvalue weighted by molar-refractivity contribution is 6.07. The first-order chi connectivity index (χ1) is 9.13. The molecule has 1 atom stereocenters. The van der Waals surface area contributed by atoms with Crippen molar-refractivity contribution in [3.63, 3.8) is 0 Å². The number of amides is 1. The summed E-state index contributed by atoms with van der Waals surface area (Å²) in [6.45, 7) is 2.42. The van der Waals surface area contributed by atoms with Gasteiger partial charge < -0.3 is 11.1 Å². The maximum atomic E-state index is 13.7. The minimum atomic E-state index is -0.317. The number of hydrogen-bond acceptors (Lipinski definition) is 2. The number of carbonyl (C=O) groups is 1. The molecule has 3 N–H and O–H groups in total. The van der Waals surface area contributed by atoms with E-state index in [0.29, 0.717) is 29.3 Å². The van der Waals surface area contributed by atoms with Gasteiger partial charge in [0.1, 0.15) is 5.82 Å². The third-order valence-corrected chi connectivity index (χ3v) is 3.09. The number of fused-ring (bicyclic) bond motifs is 1. The first-order valence-electron chi connectivity index (χ1n) is 6.31. The van der Waals surface area contributed by atoms with Gasteiger partial charge in [0.15, 0.2) is 0 Å². The van der Waals surface area contributed by atoms with Gasteiger partial charge in [-0.15, -0.1) is 0 Å². The highest BCUT2D eigenvalue weighted by Crippen LogP contribution is 2.21. The Labute approximate surface area is 111 Å². The molecule has 0 aromatic heterocycles. The number of hydrogen-bond donors (Lipinski definition) is 2. The summed E-state index contributed by atoms with van der Waals surface area (Å²) in [6.07, 6.45) is 0.713. The standard InChI is InChI=1S/C15H17FN2O/c1-10(8-9-17)18-15(19)13-6-7-14(16)12-5-3-2-4-11(12)13/h2-7,10H,8-9,17H2,1H3,(H,18,19). The van der Waals surface area contributed by atoms with Crippen molar-refractivity contribution < 1.29 is 9.18 Å². The van der Waals surface area contributed by atoms with Crippen LogP contribution in [0, 0.1) is 5.82 Å². The Kier molecular flexibility index (Phi) is 4.12. The van der Waals surface area contributed by atoms with Crippen molar-refractivity contribution in [1.29, 1.82) is 0 Å². The molecule has 0 radical (unpaired) electrons. The fraction of sp³-hybridized carbons (Fsp3) is 0.267. The fourth-order valence-corrected chi connectivity index (χ4v) is 2.08. The lowest BCUT2D eigenvalue weighted by Gasteiger charge is -2.14. The van der Waals surface area contributed by atoms with Gasteiger partial charge in [0.25, 0.3) is 5.91 Å². The molecule has 0 saturated carbocycles. The first kappa shape index (κ1) is 13.5. The second kappa shape index (κ2) is 5.80. The van der Waals surface area contributed by atoms with Crippen molar-refractivity contribution in [3.05, 3.63) is 47.8 Å². The normalized spacial score (nSPS) is 12.4. The second-order valence-corrected chi connectivity index (χ2v) is 4.59. The highest BCUT2D eigenvalue weighted by atomic mass is 19.1. The van der Waals surface area contributed by atoms with Crippen LogP contribution in [-0.2, 0) is 0 Å². The third-order valence-electron chi connectivity index (χ3n) is 3.09. The van der Waals surface area contributed by atoms with Gasteiger partial charge in [0.2, 0.25) is 0 Å². The molecule has 2 aromatic rings. The zero-order valence-corrected chi connectivity index (χ0v) is 10.8. The van der Waals surface area contributed by atoms with Gasteiger partial charge >= 0.3 is 0 Å². The lowest BCUT2D eigenvalue weighted by molar-refractivity contribution is 0.0940. The zero-order valence-electron chi connectivity index (χ0n) is 10.8. The van der Waals surface area contributed by atoms with Crippen LogP contribution in [-0.4, -0.2) is 18.5 Å². The van der Waals surface area contributed by atoms with Crippen LogP contribution in [0.4, 0.5) is 4.39 Å². The van der Waals surface area contributed by atoms with E-state index in [1.165, 1.54) is 12.1 Å². The van der Waals surface area contributed by atoms with E-state index in [0.717, 1.165) is 0 Å². The topological polar surface area (TPSA) is 55.1 Å². The Morgan fingerprint density at radius 1 is 1.26 bits per heavy atom. The Hall–Kier alpha value is -1.94. The van der Waals surface area contributed by atoms with Crippen molar-refractivity contribution in [1.82, 2.24) is 5.32 Å². The first-order valence-corrected chi connectivity index (χ1v) is 6.31. The largest absolute Gasteiger partial charge is 0.350 e. The molecule has 0 fully saturated rings. The molecule has 0 bridgehead atoms. The fourth-order valence-electron chi connectivity index (χ4n) is 2.08. The van der Waals surface area contributed by atoms with Crippen LogP contribution in [0.2, 0.25) is 0 Å². The molecular weight excluding hydrogens is 243 g/mol. The van der Waals surface area contributed by atoms with E-state index in [9.17, 15) is 9.18 Å². The molecule has 0 aliphatic heterocycles. The molecule has 0 spiro atoms. The summed E-state index contributed by atoms with van der Waals surface area (Å²) in [6, 6.07) is 9.81. The minimum absolute atomic E-state index is 0.00122. The van der Waals surface area contributed by atoms with Crippen LogP contribution >= 0.6 is 0 Å². The smallest absolute Gasteiger partial charge is 0.252 e. The molecule has 0 saturated heterocycles. The highest BCUT2D eigenvalue weighted by Gasteiger charge is 2.13. The van der Waals surface area contributed by atoms with Crippen molar-refractivity contribution in [2.45, 2.75) is 19.4 Å². The number of rotatable bonds is 4. The van der Waals surface area contributed by atoms with Crippen LogP contribution in [0.3, 0.4) is 0 Å². The predicted octanol–water partition coefficient (Wildman–Crippen LogP) is 2.45. The van der Waals surface area contributed by atoms with E-state index in [1.54, 1.807) is 24.3 Å². The number of carbonyl (C=O) groups excluding carboxylic acids is 1. The molecule has 2 rings (SSSR count). The van der Waals surface area contributed by atoms with Gasteiger partial charge in [-0.2, -0.15) is 0 Å². The van der Waals surface area contributed by atoms with E-state index >= 15 is 0 Å². The lowest BCUT2D eigenvalue weighted by atomic mass is 10.0. The van der Waals surface area contributed by atoms with Gasteiger partial charge in [0.05, 0.1) is 0 Å². The van der Waals surface area contributed by atoms with Gasteiger partial charge in [-0.25, -0.2) is 4.39 Å². The predicted molar refractivity (Wildman–Crippen MR) is 74.5 cm³/mol. The molecule has 0 heterocycles. The van der Waals surface area contributed by atoms with Crippen molar-refractivity contribution in [3.8, 4) is 0 Å². The monoisotopic (exact) mass is 260 g/mol. The Bertz CT molecular complexity index is 598. The quantitative estimate of drug-likeness (QED) is 0.887. The number of nitrogens with one attached hydrogen (secondary N) is 1. The van der Waals surface area contributed by atoms with E-state index in [-0.39, 0.29) is 17.8 Å². The van der Waals surface area contributed by atoms with E-state index in [2.05, 4.69) is 5.32 Å². The van der Waals surface area contributed by atoms with Gasteiger partial charge in [0, 0.05) is 17.0 Å². The molecule has 100 valence electrons. The van der Waals surface area contributed by atoms with E-state index in [1.807, 2.05) is 6.92 Å². The lowest BCUT2D eigenvalue weighted by Crippen LogP contribution is -2.34. The summed E-state index contributed by atoms with van der Waals surface area (Å²) < 4.78 is 13.7. The van der Waals surface area contributed by atoms with E-state index in [4.69, 9.17) is 5.73 Å². The van der Waals surface area contributed by atoms with Gasteiger partial charge in [-0.1, -0.05) is 24.3 Å². The second-order valence-electron chi connectivity index (χ2n) is 4.59. The van der Waals surface area contributed by atoms with Crippen LogP contribution in [0.15, 0.2) is 36.4 Å². The minimum Gasteiger partial charge on any atom is -0.350 e. The van der Waals surface area contributed by atoms with Gasteiger partial charge in [-0.05, 0) is 37.4 Å². The van der Waals surface area contributed by atoms with Crippen molar-refractivity contribution in [2.75, 3.05) is 6.54 Å². The molecule has 1 unspecified atom stereocenters. The average molecular weight is 260 g/mol. The zero-order chi connectivity index (χ0) is 13.8. The van der Waals surface area contributed by atoms with Crippen LogP contribution in [0.25, 0.3) is 10.8 Å². The van der Waals surface area contributed by atoms with Gasteiger partial charge in [-0.3, -0.25) is 4.79 Å². The molecular formula is C15H17FN2O. The summed E-state index contributed by atoms with van der Waals surface area (Å²) in [4.78, 5) is 12.2. The number of benzene rings is 2. The van der Waals surface area contributed by atoms with Crippen molar-refractivity contribution in [2.24, 2.45) is 5.73 Å². The Morgan fingerprint density at radius 2 is 1.95 bits per heavy atom.